The standard InChI is InChI=1S/C63H40N6/c1-4-18-41(19-5-1)52-38-44(32-35-51(52)63-65-61(42-20-6-2-7-21-42)64-62(66-63)43-22-8-3-9-23-43)69-59-36-33-45(67-55-28-14-10-24-47(55)48-25-11-15-29-56(48)67)39-53(59)54-40-46(34-37-60(54)69)68-57-30-16-12-26-49(57)50-27-13-17-31-58(50)68/h1-40H. The fourth-order valence-electron chi connectivity index (χ4n) is 10.6. The van der Waals surface area contributed by atoms with Crippen LogP contribution in [0.2, 0.25) is 0 Å². The van der Waals surface area contributed by atoms with Crippen molar-refractivity contribution in [1.29, 1.82) is 0 Å². The molecule has 0 spiro atoms. The van der Waals surface area contributed by atoms with Gasteiger partial charge in [0.1, 0.15) is 0 Å². The quantitative estimate of drug-likeness (QED) is 0.160. The molecule has 6 nitrogen and oxygen atoms in total. The summed E-state index contributed by atoms with van der Waals surface area (Å²) in [5.41, 5.74) is 15.1. The first-order valence-corrected chi connectivity index (χ1v) is 23.4. The smallest absolute Gasteiger partial charge is 0.164 e. The first-order chi connectivity index (χ1) is 34.2. The fourth-order valence-corrected chi connectivity index (χ4v) is 10.6. The molecule has 0 fully saturated rings. The molecule has 0 aliphatic rings. The largest absolute Gasteiger partial charge is 0.309 e. The lowest BCUT2D eigenvalue weighted by molar-refractivity contribution is 1.07. The Hall–Kier alpha value is -9.39. The van der Waals surface area contributed by atoms with Crippen LogP contribution in [0.25, 0.3) is 128 Å². The third kappa shape index (κ3) is 6.23. The number of fused-ring (bicyclic) bond motifs is 9. The molecule has 0 saturated heterocycles. The second-order valence-corrected chi connectivity index (χ2v) is 17.6. The van der Waals surface area contributed by atoms with Crippen LogP contribution < -0.4 is 0 Å². The Labute approximate surface area is 397 Å². The van der Waals surface area contributed by atoms with Crippen LogP contribution in [0.15, 0.2) is 243 Å². The van der Waals surface area contributed by atoms with Gasteiger partial charge < -0.3 is 13.7 Å². The molecule has 0 radical (unpaired) electrons. The second-order valence-electron chi connectivity index (χ2n) is 17.6. The summed E-state index contributed by atoms with van der Waals surface area (Å²) >= 11 is 0. The summed E-state index contributed by atoms with van der Waals surface area (Å²) in [4.78, 5) is 15.4. The Bertz CT molecular complexity index is 3960. The average molecular weight is 881 g/mol. The molecule has 0 unspecified atom stereocenters. The normalized spacial score (nSPS) is 11.8. The number of nitrogens with zero attached hydrogens (tertiary/aromatic N) is 6. The predicted molar refractivity (Wildman–Crippen MR) is 285 cm³/mol. The van der Waals surface area contributed by atoms with Crippen molar-refractivity contribution in [1.82, 2.24) is 28.7 Å². The lowest BCUT2D eigenvalue weighted by Gasteiger charge is -2.16. The number of benzene rings is 10. The first-order valence-electron chi connectivity index (χ1n) is 23.4. The molecule has 0 aliphatic carbocycles. The van der Waals surface area contributed by atoms with Crippen molar-refractivity contribution in [3.8, 4) is 62.4 Å². The Morgan fingerprint density at radius 3 is 0.957 bits per heavy atom. The molecule has 0 N–H and O–H groups in total. The Kier molecular flexibility index (Phi) is 8.79. The molecule has 6 heteroatoms. The van der Waals surface area contributed by atoms with E-state index >= 15 is 0 Å². The summed E-state index contributed by atoms with van der Waals surface area (Å²) in [5, 5.41) is 7.28. The van der Waals surface area contributed by atoms with Gasteiger partial charge in [0.05, 0.1) is 33.1 Å². The summed E-state index contributed by atoms with van der Waals surface area (Å²) in [6, 6.07) is 86.5. The zero-order chi connectivity index (χ0) is 45.4. The monoisotopic (exact) mass is 880 g/mol. The van der Waals surface area contributed by atoms with Gasteiger partial charge in [0.2, 0.25) is 0 Å². The molecule has 10 aromatic carbocycles. The van der Waals surface area contributed by atoms with Gasteiger partial charge in [0.25, 0.3) is 0 Å². The van der Waals surface area contributed by atoms with Crippen LogP contribution in [0.3, 0.4) is 0 Å². The zero-order valence-corrected chi connectivity index (χ0v) is 37.3. The second kappa shape index (κ2) is 15.6. The zero-order valence-electron chi connectivity index (χ0n) is 37.3. The lowest BCUT2D eigenvalue weighted by atomic mass is 9.98. The highest BCUT2D eigenvalue weighted by atomic mass is 15.0. The maximum absolute atomic E-state index is 5.20. The summed E-state index contributed by atoms with van der Waals surface area (Å²) < 4.78 is 7.24. The van der Waals surface area contributed by atoms with Crippen molar-refractivity contribution in [3.63, 3.8) is 0 Å². The summed E-state index contributed by atoms with van der Waals surface area (Å²) in [7, 11) is 0. The van der Waals surface area contributed by atoms with Gasteiger partial charge >= 0.3 is 0 Å². The number of hydrogen-bond acceptors (Lipinski definition) is 3. The lowest BCUT2D eigenvalue weighted by Crippen LogP contribution is -2.02. The molecule has 0 saturated carbocycles. The summed E-state index contributed by atoms with van der Waals surface area (Å²) in [6.07, 6.45) is 0. The van der Waals surface area contributed by atoms with Gasteiger partial charge in [-0.05, 0) is 90.0 Å². The van der Waals surface area contributed by atoms with Crippen LogP contribution in [-0.2, 0) is 0 Å². The van der Waals surface area contributed by atoms with Crippen LogP contribution in [0.5, 0.6) is 0 Å². The van der Waals surface area contributed by atoms with E-state index in [9.17, 15) is 0 Å². The third-order valence-corrected chi connectivity index (χ3v) is 13.7. The van der Waals surface area contributed by atoms with Gasteiger partial charge in [-0.15, -0.1) is 0 Å². The van der Waals surface area contributed by atoms with Crippen LogP contribution in [0, 0.1) is 0 Å². The third-order valence-electron chi connectivity index (χ3n) is 13.7. The van der Waals surface area contributed by atoms with Gasteiger partial charge in [0, 0.05) is 66.1 Å². The fraction of sp³-hybridized carbons (Fsp3) is 0. The van der Waals surface area contributed by atoms with Gasteiger partial charge in [-0.1, -0.05) is 164 Å². The SMILES string of the molecule is c1ccc(-c2nc(-c3ccccc3)nc(-c3ccc(-n4c5ccc(-n6c7ccccc7c7ccccc76)cc5c5cc(-n6c7ccccc7c7ccccc76)ccc54)cc3-c3ccccc3)n2)cc1. The highest BCUT2D eigenvalue weighted by molar-refractivity contribution is 6.14. The van der Waals surface area contributed by atoms with Crippen molar-refractivity contribution >= 4 is 65.4 Å². The number of aromatic nitrogens is 6. The molecule has 0 bridgehead atoms. The molecule has 69 heavy (non-hydrogen) atoms. The molecule has 0 amide bonds. The summed E-state index contributed by atoms with van der Waals surface area (Å²) in [5.74, 6) is 1.87. The van der Waals surface area contributed by atoms with E-state index < -0.39 is 0 Å². The molecule has 4 heterocycles. The van der Waals surface area contributed by atoms with E-state index in [1.54, 1.807) is 0 Å². The van der Waals surface area contributed by atoms with E-state index in [-0.39, 0.29) is 0 Å². The molecule has 0 aliphatic heterocycles. The van der Waals surface area contributed by atoms with Crippen LogP contribution >= 0.6 is 0 Å². The molecule has 322 valence electrons. The average Bonchev–Trinajstić information content (AvgIpc) is 4.06. The topological polar surface area (TPSA) is 53.5 Å². The van der Waals surface area contributed by atoms with E-state index in [1.807, 2.05) is 36.4 Å². The minimum atomic E-state index is 0.613. The Morgan fingerprint density at radius 2 is 0.536 bits per heavy atom. The number of hydrogen-bond donors (Lipinski definition) is 0. The molecule has 14 rings (SSSR count). The van der Waals surface area contributed by atoms with E-state index in [4.69, 9.17) is 15.0 Å². The van der Waals surface area contributed by atoms with Gasteiger partial charge in [-0.3, -0.25) is 0 Å². The van der Waals surface area contributed by atoms with E-state index in [0.717, 1.165) is 66.7 Å². The summed E-state index contributed by atoms with van der Waals surface area (Å²) in [6.45, 7) is 0. The molecular weight excluding hydrogens is 841 g/mol. The van der Waals surface area contributed by atoms with Crippen molar-refractivity contribution in [2.24, 2.45) is 0 Å². The van der Waals surface area contributed by atoms with Crippen LogP contribution in [0.1, 0.15) is 0 Å². The molecular formula is C63H40N6. The number of rotatable bonds is 7. The van der Waals surface area contributed by atoms with E-state index in [1.165, 1.54) is 43.6 Å². The van der Waals surface area contributed by atoms with Crippen molar-refractivity contribution in [2.75, 3.05) is 0 Å². The highest BCUT2D eigenvalue weighted by Gasteiger charge is 2.22. The van der Waals surface area contributed by atoms with E-state index in [2.05, 4.69) is 220 Å². The Morgan fingerprint density at radius 1 is 0.217 bits per heavy atom. The van der Waals surface area contributed by atoms with Crippen LogP contribution in [-0.4, -0.2) is 28.7 Å². The Balaban J connectivity index is 1.03. The molecule has 4 aromatic heterocycles. The van der Waals surface area contributed by atoms with Gasteiger partial charge in [-0.2, -0.15) is 0 Å². The van der Waals surface area contributed by atoms with E-state index in [0.29, 0.717) is 17.5 Å². The minimum absolute atomic E-state index is 0.613. The first kappa shape index (κ1) is 38.8. The van der Waals surface area contributed by atoms with Crippen molar-refractivity contribution in [3.05, 3.63) is 243 Å². The molecule has 14 aromatic rings. The predicted octanol–water partition coefficient (Wildman–Crippen LogP) is 15.8. The minimum Gasteiger partial charge on any atom is -0.309 e. The molecule has 0 atom stereocenters. The van der Waals surface area contributed by atoms with Gasteiger partial charge in [0.15, 0.2) is 17.5 Å². The van der Waals surface area contributed by atoms with Crippen molar-refractivity contribution < 1.29 is 0 Å². The number of para-hydroxylation sites is 4. The van der Waals surface area contributed by atoms with Crippen molar-refractivity contribution in [2.45, 2.75) is 0 Å². The van der Waals surface area contributed by atoms with Crippen LogP contribution in [0.4, 0.5) is 0 Å². The highest BCUT2D eigenvalue weighted by Crippen LogP contribution is 2.41. The maximum atomic E-state index is 5.20. The maximum Gasteiger partial charge on any atom is 0.164 e. The van der Waals surface area contributed by atoms with Gasteiger partial charge in [-0.25, -0.2) is 15.0 Å².